The van der Waals surface area contributed by atoms with Gasteiger partial charge in [-0.3, -0.25) is 0 Å². The van der Waals surface area contributed by atoms with Crippen LogP contribution in [-0.4, -0.2) is 32.1 Å². The zero-order valence-electron chi connectivity index (χ0n) is 14.5. The summed E-state index contributed by atoms with van der Waals surface area (Å²) in [6.07, 6.45) is 6.46. The number of fused-ring (bicyclic) bond motifs is 1. The zero-order valence-corrected chi connectivity index (χ0v) is 14.5. The summed E-state index contributed by atoms with van der Waals surface area (Å²) < 4.78 is 10.9. The average molecular weight is 313 g/mol. The Hall–Kier alpha value is -1.74. The number of benzene rings is 1. The number of hydrogen-bond donors (Lipinski definition) is 0. The molecule has 1 aliphatic carbocycles. The molecular weight excluding hydrogens is 286 g/mol. The third-order valence-corrected chi connectivity index (χ3v) is 4.95. The van der Waals surface area contributed by atoms with Crippen LogP contribution in [0, 0.1) is 6.92 Å². The Bertz CT molecular complexity index is 633. The largest absolute Gasteiger partial charge is 0.496 e. The molecule has 1 aliphatic rings. The second-order valence-corrected chi connectivity index (χ2v) is 6.70. The standard InChI is InChI=1S/C20H27NO2/c1-15-12-19-16(13-20(15)22-3)6-4-7-17(19)14-21(2)10-9-18-8-5-11-23-18/h5,8,11-13,17H,4,6-7,9-10,14H2,1-3H3. The molecule has 3 heteroatoms. The number of furan rings is 1. The van der Waals surface area contributed by atoms with Crippen LogP contribution < -0.4 is 4.74 Å². The van der Waals surface area contributed by atoms with E-state index in [1.54, 1.807) is 13.4 Å². The molecule has 0 N–H and O–H groups in total. The lowest BCUT2D eigenvalue weighted by molar-refractivity contribution is 0.293. The van der Waals surface area contributed by atoms with Crippen molar-refractivity contribution in [3.05, 3.63) is 53.0 Å². The van der Waals surface area contributed by atoms with Crippen molar-refractivity contribution < 1.29 is 9.15 Å². The summed E-state index contributed by atoms with van der Waals surface area (Å²) in [5.74, 6) is 2.72. The van der Waals surface area contributed by atoms with E-state index >= 15 is 0 Å². The minimum Gasteiger partial charge on any atom is -0.496 e. The second kappa shape index (κ2) is 7.22. The molecule has 23 heavy (non-hydrogen) atoms. The van der Waals surface area contributed by atoms with Crippen LogP contribution in [0.15, 0.2) is 34.9 Å². The monoisotopic (exact) mass is 313 g/mol. The number of hydrogen-bond acceptors (Lipinski definition) is 3. The zero-order chi connectivity index (χ0) is 16.2. The number of likely N-dealkylation sites (N-methyl/N-ethyl adjacent to an activating group) is 1. The van der Waals surface area contributed by atoms with Gasteiger partial charge in [0.15, 0.2) is 0 Å². The quantitative estimate of drug-likeness (QED) is 0.799. The van der Waals surface area contributed by atoms with Crippen molar-refractivity contribution in [3.63, 3.8) is 0 Å². The van der Waals surface area contributed by atoms with E-state index in [9.17, 15) is 0 Å². The molecule has 2 aromatic rings. The third-order valence-electron chi connectivity index (χ3n) is 4.95. The molecule has 1 unspecified atom stereocenters. The van der Waals surface area contributed by atoms with E-state index in [1.807, 2.05) is 6.07 Å². The van der Waals surface area contributed by atoms with Crippen LogP contribution in [0.25, 0.3) is 0 Å². The maximum absolute atomic E-state index is 5.49. The van der Waals surface area contributed by atoms with Crippen molar-refractivity contribution in [1.82, 2.24) is 4.90 Å². The molecule has 0 saturated heterocycles. The van der Waals surface area contributed by atoms with Crippen molar-refractivity contribution in [2.45, 2.75) is 38.5 Å². The van der Waals surface area contributed by atoms with Gasteiger partial charge in [0.25, 0.3) is 0 Å². The molecule has 0 spiro atoms. The summed E-state index contributed by atoms with van der Waals surface area (Å²) in [5.41, 5.74) is 4.25. The highest BCUT2D eigenvalue weighted by atomic mass is 16.5. The lowest BCUT2D eigenvalue weighted by atomic mass is 9.81. The molecule has 0 aliphatic heterocycles. The number of nitrogens with zero attached hydrogens (tertiary/aromatic N) is 1. The molecular formula is C20H27NO2. The van der Waals surface area contributed by atoms with Crippen LogP contribution in [0.5, 0.6) is 5.75 Å². The van der Waals surface area contributed by atoms with Gasteiger partial charge in [-0.1, -0.05) is 6.07 Å². The van der Waals surface area contributed by atoms with Gasteiger partial charge in [0.2, 0.25) is 0 Å². The molecule has 1 aromatic carbocycles. The molecule has 0 amide bonds. The molecule has 0 fully saturated rings. The first-order chi connectivity index (χ1) is 11.2. The Balaban J connectivity index is 1.66. The van der Waals surface area contributed by atoms with Crippen LogP contribution in [0.3, 0.4) is 0 Å². The van der Waals surface area contributed by atoms with Gasteiger partial charge in [0.1, 0.15) is 11.5 Å². The molecule has 124 valence electrons. The van der Waals surface area contributed by atoms with Gasteiger partial charge in [0, 0.05) is 19.5 Å². The third kappa shape index (κ3) is 3.78. The van der Waals surface area contributed by atoms with E-state index in [0.717, 1.165) is 31.0 Å². The highest BCUT2D eigenvalue weighted by molar-refractivity contribution is 5.44. The predicted molar refractivity (Wildman–Crippen MR) is 93.3 cm³/mol. The van der Waals surface area contributed by atoms with Crippen LogP contribution in [0.1, 0.15) is 41.2 Å². The molecule has 0 bridgehead atoms. The summed E-state index contributed by atoms with van der Waals surface area (Å²) in [6.45, 7) is 4.29. The molecule has 1 aromatic heterocycles. The summed E-state index contributed by atoms with van der Waals surface area (Å²) in [7, 11) is 3.98. The Morgan fingerprint density at radius 1 is 1.35 bits per heavy atom. The first-order valence-electron chi connectivity index (χ1n) is 8.55. The summed E-state index contributed by atoms with van der Waals surface area (Å²) in [4.78, 5) is 2.43. The molecule has 1 atom stereocenters. The normalized spacial score (nSPS) is 17.3. The fourth-order valence-electron chi connectivity index (χ4n) is 3.68. The molecule has 3 nitrogen and oxygen atoms in total. The number of aryl methyl sites for hydroxylation is 2. The number of ether oxygens (including phenoxy) is 1. The fraction of sp³-hybridized carbons (Fsp3) is 0.500. The molecule has 0 radical (unpaired) electrons. The van der Waals surface area contributed by atoms with Gasteiger partial charge in [-0.05, 0) is 74.0 Å². The maximum Gasteiger partial charge on any atom is 0.122 e. The van der Waals surface area contributed by atoms with Gasteiger partial charge in [-0.2, -0.15) is 0 Å². The Labute approximate surface area is 139 Å². The summed E-state index contributed by atoms with van der Waals surface area (Å²) >= 11 is 0. The van der Waals surface area contributed by atoms with Crippen LogP contribution in [0.4, 0.5) is 0 Å². The summed E-state index contributed by atoms with van der Waals surface area (Å²) in [5, 5.41) is 0. The van der Waals surface area contributed by atoms with Crippen molar-refractivity contribution in [2.24, 2.45) is 0 Å². The van der Waals surface area contributed by atoms with E-state index < -0.39 is 0 Å². The van der Waals surface area contributed by atoms with Gasteiger partial charge in [0.05, 0.1) is 13.4 Å². The fourth-order valence-corrected chi connectivity index (χ4v) is 3.68. The van der Waals surface area contributed by atoms with E-state index in [-0.39, 0.29) is 0 Å². The van der Waals surface area contributed by atoms with Crippen molar-refractivity contribution in [3.8, 4) is 5.75 Å². The maximum atomic E-state index is 5.49. The topological polar surface area (TPSA) is 25.6 Å². The van der Waals surface area contributed by atoms with Crippen molar-refractivity contribution in [1.29, 1.82) is 0 Å². The minimum atomic E-state index is 0.630. The Kier molecular flexibility index (Phi) is 5.06. The van der Waals surface area contributed by atoms with Crippen LogP contribution in [-0.2, 0) is 12.8 Å². The summed E-state index contributed by atoms with van der Waals surface area (Å²) in [6, 6.07) is 8.61. The molecule has 1 heterocycles. The molecule has 0 saturated carbocycles. The lowest BCUT2D eigenvalue weighted by Crippen LogP contribution is -2.28. The Morgan fingerprint density at radius 3 is 2.96 bits per heavy atom. The van der Waals surface area contributed by atoms with Gasteiger partial charge >= 0.3 is 0 Å². The highest BCUT2D eigenvalue weighted by Crippen LogP contribution is 2.36. The lowest BCUT2D eigenvalue weighted by Gasteiger charge is -2.30. The van der Waals surface area contributed by atoms with Crippen molar-refractivity contribution >= 4 is 0 Å². The SMILES string of the molecule is COc1cc2c(cc1C)C(CN(C)CCc1ccco1)CCC2. The van der Waals surface area contributed by atoms with Crippen LogP contribution >= 0.6 is 0 Å². The van der Waals surface area contributed by atoms with Gasteiger partial charge < -0.3 is 14.1 Å². The number of rotatable bonds is 6. The second-order valence-electron chi connectivity index (χ2n) is 6.70. The van der Waals surface area contributed by atoms with E-state index in [0.29, 0.717) is 5.92 Å². The van der Waals surface area contributed by atoms with E-state index in [4.69, 9.17) is 9.15 Å². The smallest absolute Gasteiger partial charge is 0.122 e. The van der Waals surface area contributed by atoms with E-state index in [2.05, 4.69) is 37.1 Å². The van der Waals surface area contributed by atoms with Gasteiger partial charge in [-0.25, -0.2) is 0 Å². The first kappa shape index (κ1) is 16.1. The number of methoxy groups -OCH3 is 1. The average Bonchev–Trinajstić information content (AvgIpc) is 3.06. The minimum absolute atomic E-state index is 0.630. The first-order valence-corrected chi connectivity index (χ1v) is 8.55. The van der Waals surface area contributed by atoms with Gasteiger partial charge in [-0.15, -0.1) is 0 Å². The predicted octanol–water partition coefficient (Wildman–Crippen LogP) is 4.19. The Morgan fingerprint density at radius 2 is 2.22 bits per heavy atom. The highest BCUT2D eigenvalue weighted by Gasteiger charge is 2.23. The van der Waals surface area contributed by atoms with E-state index in [1.165, 1.54) is 36.0 Å². The van der Waals surface area contributed by atoms with Crippen molar-refractivity contribution in [2.75, 3.05) is 27.2 Å². The van der Waals surface area contributed by atoms with Crippen LogP contribution in [0.2, 0.25) is 0 Å². The molecule has 3 rings (SSSR count).